The number of rotatable bonds is 5. The molecule has 2 rings (SSSR count). The van der Waals surface area contributed by atoms with Gasteiger partial charge in [-0.1, -0.05) is 28.1 Å². The minimum atomic E-state index is 0.728. The quantitative estimate of drug-likeness (QED) is 0.656. The molecule has 0 unspecified atom stereocenters. The standard InChI is InChI=1S/C16H18BrNO/c1-12-11-15(8-9-16(12)17)19-10-2-3-13-4-6-14(18)7-5-13/h4-9,11H,2-3,10,18H2,1H3. The lowest BCUT2D eigenvalue weighted by molar-refractivity contribution is 0.311. The fourth-order valence-corrected chi connectivity index (χ4v) is 2.10. The summed E-state index contributed by atoms with van der Waals surface area (Å²) in [7, 11) is 0. The van der Waals surface area contributed by atoms with E-state index in [0.29, 0.717) is 0 Å². The van der Waals surface area contributed by atoms with Gasteiger partial charge in [0.1, 0.15) is 5.75 Å². The van der Waals surface area contributed by atoms with E-state index in [0.717, 1.165) is 35.4 Å². The number of aryl methyl sites for hydroxylation is 2. The number of halogens is 1. The molecule has 19 heavy (non-hydrogen) atoms. The van der Waals surface area contributed by atoms with Crippen molar-refractivity contribution in [3.63, 3.8) is 0 Å². The van der Waals surface area contributed by atoms with E-state index in [4.69, 9.17) is 10.5 Å². The van der Waals surface area contributed by atoms with Crippen LogP contribution < -0.4 is 10.5 Å². The van der Waals surface area contributed by atoms with E-state index in [1.54, 1.807) is 0 Å². The molecular formula is C16H18BrNO. The van der Waals surface area contributed by atoms with Crippen molar-refractivity contribution in [2.45, 2.75) is 19.8 Å². The summed E-state index contributed by atoms with van der Waals surface area (Å²) in [6.45, 7) is 2.79. The van der Waals surface area contributed by atoms with E-state index in [9.17, 15) is 0 Å². The molecular weight excluding hydrogens is 302 g/mol. The Morgan fingerprint density at radius 1 is 1.11 bits per heavy atom. The zero-order valence-electron chi connectivity index (χ0n) is 11.0. The molecule has 0 fully saturated rings. The van der Waals surface area contributed by atoms with Gasteiger partial charge in [0.15, 0.2) is 0 Å². The number of hydrogen-bond donors (Lipinski definition) is 1. The van der Waals surface area contributed by atoms with Crippen molar-refractivity contribution < 1.29 is 4.74 Å². The minimum Gasteiger partial charge on any atom is -0.494 e. The summed E-state index contributed by atoms with van der Waals surface area (Å²) in [5, 5.41) is 0. The number of benzene rings is 2. The topological polar surface area (TPSA) is 35.2 Å². The molecule has 0 aliphatic carbocycles. The first-order valence-corrected chi connectivity index (χ1v) is 7.18. The van der Waals surface area contributed by atoms with E-state index in [1.807, 2.05) is 30.3 Å². The normalized spacial score (nSPS) is 10.4. The monoisotopic (exact) mass is 319 g/mol. The maximum atomic E-state index is 5.74. The van der Waals surface area contributed by atoms with Crippen LogP contribution >= 0.6 is 15.9 Å². The number of hydrogen-bond acceptors (Lipinski definition) is 2. The lowest BCUT2D eigenvalue weighted by Crippen LogP contribution is -1.99. The Morgan fingerprint density at radius 2 is 1.84 bits per heavy atom. The van der Waals surface area contributed by atoms with Crippen LogP contribution in [0.5, 0.6) is 5.75 Å². The van der Waals surface area contributed by atoms with Crippen LogP contribution in [0, 0.1) is 6.92 Å². The summed E-state index contributed by atoms with van der Waals surface area (Å²) in [5.74, 6) is 0.929. The van der Waals surface area contributed by atoms with Gasteiger partial charge in [0.2, 0.25) is 0 Å². The molecule has 0 saturated heterocycles. The molecule has 0 heterocycles. The minimum absolute atomic E-state index is 0.728. The first-order chi connectivity index (χ1) is 9.15. The predicted octanol–water partition coefficient (Wildman–Crippen LogP) is 4.35. The second-order valence-electron chi connectivity index (χ2n) is 4.60. The highest BCUT2D eigenvalue weighted by Gasteiger charge is 1.99. The van der Waals surface area contributed by atoms with Crippen LogP contribution in [0.15, 0.2) is 46.9 Å². The van der Waals surface area contributed by atoms with Gasteiger partial charge in [-0.2, -0.15) is 0 Å². The van der Waals surface area contributed by atoms with Gasteiger partial charge in [0.25, 0.3) is 0 Å². The van der Waals surface area contributed by atoms with Crippen LogP contribution in [0.2, 0.25) is 0 Å². The second kappa shape index (κ2) is 6.62. The number of nitrogens with two attached hydrogens (primary N) is 1. The van der Waals surface area contributed by atoms with Gasteiger partial charge in [-0.15, -0.1) is 0 Å². The smallest absolute Gasteiger partial charge is 0.119 e. The molecule has 0 radical (unpaired) electrons. The third-order valence-corrected chi connectivity index (χ3v) is 3.88. The highest BCUT2D eigenvalue weighted by Crippen LogP contribution is 2.21. The van der Waals surface area contributed by atoms with Crippen molar-refractivity contribution in [1.82, 2.24) is 0 Å². The molecule has 0 spiro atoms. The highest BCUT2D eigenvalue weighted by atomic mass is 79.9. The summed E-state index contributed by atoms with van der Waals surface area (Å²) in [6.07, 6.45) is 2.01. The Kier molecular flexibility index (Phi) is 4.86. The summed E-state index contributed by atoms with van der Waals surface area (Å²) in [6, 6.07) is 14.1. The molecule has 0 aliphatic rings. The Morgan fingerprint density at radius 3 is 2.53 bits per heavy atom. The van der Waals surface area contributed by atoms with E-state index in [-0.39, 0.29) is 0 Å². The van der Waals surface area contributed by atoms with Gasteiger partial charge in [-0.25, -0.2) is 0 Å². The van der Waals surface area contributed by atoms with Crippen molar-refractivity contribution in [2.24, 2.45) is 0 Å². The van der Waals surface area contributed by atoms with Crippen LogP contribution in [-0.4, -0.2) is 6.61 Å². The Hall–Kier alpha value is -1.48. The van der Waals surface area contributed by atoms with Gasteiger partial charge in [0.05, 0.1) is 6.61 Å². The summed E-state index contributed by atoms with van der Waals surface area (Å²) in [4.78, 5) is 0. The SMILES string of the molecule is Cc1cc(OCCCc2ccc(N)cc2)ccc1Br. The molecule has 2 N–H and O–H groups in total. The lowest BCUT2D eigenvalue weighted by Gasteiger charge is -2.08. The Balaban J connectivity index is 1.77. The average molecular weight is 320 g/mol. The molecule has 0 amide bonds. The van der Waals surface area contributed by atoms with E-state index in [1.165, 1.54) is 11.1 Å². The fourth-order valence-electron chi connectivity index (χ4n) is 1.86. The third-order valence-electron chi connectivity index (χ3n) is 2.99. The molecule has 0 aromatic heterocycles. The maximum Gasteiger partial charge on any atom is 0.119 e. The van der Waals surface area contributed by atoms with Crippen LogP contribution in [-0.2, 0) is 6.42 Å². The van der Waals surface area contributed by atoms with Crippen LogP contribution in [0.25, 0.3) is 0 Å². The number of anilines is 1. The van der Waals surface area contributed by atoms with Crippen molar-refractivity contribution in [3.05, 3.63) is 58.1 Å². The van der Waals surface area contributed by atoms with Crippen LogP contribution in [0.4, 0.5) is 5.69 Å². The molecule has 2 aromatic rings. The molecule has 0 bridgehead atoms. The highest BCUT2D eigenvalue weighted by molar-refractivity contribution is 9.10. The van der Waals surface area contributed by atoms with Gasteiger partial charge < -0.3 is 10.5 Å². The van der Waals surface area contributed by atoms with Gasteiger partial charge in [-0.05, 0) is 61.2 Å². The fraction of sp³-hybridized carbons (Fsp3) is 0.250. The van der Waals surface area contributed by atoms with Gasteiger partial charge in [-0.3, -0.25) is 0 Å². The van der Waals surface area contributed by atoms with Crippen molar-refractivity contribution in [3.8, 4) is 5.75 Å². The first-order valence-electron chi connectivity index (χ1n) is 6.38. The second-order valence-corrected chi connectivity index (χ2v) is 5.46. The third kappa shape index (κ3) is 4.28. The molecule has 0 aliphatic heterocycles. The predicted molar refractivity (Wildman–Crippen MR) is 83.5 cm³/mol. The van der Waals surface area contributed by atoms with Gasteiger partial charge >= 0.3 is 0 Å². The average Bonchev–Trinajstić information content (AvgIpc) is 2.41. The maximum absolute atomic E-state index is 5.74. The van der Waals surface area contributed by atoms with E-state index >= 15 is 0 Å². The number of ether oxygens (including phenoxy) is 1. The number of nitrogen functional groups attached to an aromatic ring is 1. The molecule has 100 valence electrons. The molecule has 0 saturated carbocycles. The Labute approximate surface area is 122 Å². The summed E-state index contributed by atoms with van der Waals surface area (Å²) < 4.78 is 6.85. The van der Waals surface area contributed by atoms with Crippen molar-refractivity contribution in [2.75, 3.05) is 12.3 Å². The van der Waals surface area contributed by atoms with Crippen molar-refractivity contribution in [1.29, 1.82) is 0 Å². The largest absolute Gasteiger partial charge is 0.494 e. The summed E-state index contributed by atoms with van der Waals surface area (Å²) >= 11 is 3.48. The Bertz CT molecular complexity index is 537. The molecule has 2 aromatic carbocycles. The molecule has 3 heteroatoms. The van der Waals surface area contributed by atoms with Crippen molar-refractivity contribution >= 4 is 21.6 Å². The molecule has 2 nitrogen and oxygen atoms in total. The van der Waals surface area contributed by atoms with Crippen LogP contribution in [0.3, 0.4) is 0 Å². The van der Waals surface area contributed by atoms with E-state index in [2.05, 4.69) is 35.0 Å². The first kappa shape index (κ1) is 13.9. The zero-order valence-corrected chi connectivity index (χ0v) is 12.6. The zero-order chi connectivity index (χ0) is 13.7. The molecule has 0 atom stereocenters. The lowest BCUT2D eigenvalue weighted by atomic mass is 10.1. The van der Waals surface area contributed by atoms with Crippen LogP contribution in [0.1, 0.15) is 17.5 Å². The summed E-state index contributed by atoms with van der Waals surface area (Å²) in [5.41, 5.74) is 8.95. The van der Waals surface area contributed by atoms with E-state index < -0.39 is 0 Å². The van der Waals surface area contributed by atoms with Gasteiger partial charge in [0, 0.05) is 10.2 Å².